The Labute approximate surface area is 214 Å². The molecule has 0 atom stereocenters. The van der Waals surface area contributed by atoms with Crippen LogP contribution in [0.15, 0.2) is 74.4 Å². The lowest BCUT2D eigenvalue weighted by Crippen LogP contribution is -2.21. The summed E-state index contributed by atoms with van der Waals surface area (Å²) in [6.45, 7) is 1.79. The molecule has 0 spiro atoms. The quantitative estimate of drug-likeness (QED) is 0.151. The third-order valence-corrected chi connectivity index (χ3v) is 8.61. The monoisotopic (exact) mass is 532 g/mol. The van der Waals surface area contributed by atoms with Crippen LogP contribution in [0.2, 0.25) is 10.0 Å². The van der Waals surface area contributed by atoms with Crippen LogP contribution in [0.4, 0.5) is 0 Å². The lowest BCUT2D eigenvalue weighted by Gasteiger charge is -2.04. The summed E-state index contributed by atoms with van der Waals surface area (Å²) in [6, 6.07) is 19.9. The predicted octanol–water partition coefficient (Wildman–Crippen LogP) is 6.92. The first-order valence-electron chi connectivity index (χ1n) is 9.84. The van der Waals surface area contributed by atoms with Gasteiger partial charge in [0.15, 0.2) is 8.68 Å². The van der Waals surface area contributed by atoms with Crippen molar-refractivity contribution >= 4 is 80.5 Å². The Kier molecular flexibility index (Phi) is 8.27. The molecule has 0 aliphatic rings. The summed E-state index contributed by atoms with van der Waals surface area (Å²) in [5, 5.41) is 16.0. The standard InChI is InChI=1S/C23H18Cl2N4OS3/c1-14(16-9-10-19(24)20(25)11-16)26-27-21(30)13-32-23-29-28-22(33-23)31-12-17-7-4-6-15-5-2-3-8-18(15)17/h2-11H,12-13H2,1H3,(H,27,30)/b26-14-. The Hall–Kier alpha value is -2.10. The normalized spacial score (nSPS) is 11.7. The molecule has 1 amide bonds. The molecule has 5 nitrogen and oxygen atoms in total. The van der Waals surface area contributed by atoms with Crippen molar-refractivity contribution in [3.05, 3.63) is 81.8 Å². The molecule has 0 aliphatic carbocycles. The third-order valence-electron chi connectivity index (χ3n) is 4.63. The van der Waals surface area contributed by atoms with Crippen molar-refractivity contribution in [3.63, 3.8) is 0 Å². The van der Waals surface area contributed by atoms with Crippen molar-refractivity contribution in [2.24, 2.45) is 5.10 Å². The first kappa shape index (κ1) is 24.0. The van der Waals surface area contributed by atoms with Crippen LogP contribution in [0, 0.1) is 0 Å². The average Bonchev–Trinajstić information content (AvgIpc) is 3.29. The Morgan fingerprint density at radius 1 is 1.00 bits per heavy atom. The predicted molar refractivity (Wildman–Crippen MR) is 141 cm³/mol. The molecule has 10 heteroatoms. The van der Waals surface area contributed by atoms with Crippen molar-refractivity contribution in [1.29, 1.82) is 0 Å². The molecule has 4 rings (SSSR count). The lowest BCUT2D eigenvalue weighted by atomic mass is 10.1. The van der Waals surface area contributed by atoms with E-state index < -0.39 is 0 Å². The molecular weight excluding hydrogens is 515 g/mol. The average molecular weight is 534 g/mol. The summed E-state index contributed by atoms with van der Waals surface area (Å²) in [5.74, 6) is 0.782. The first-order valence-corrected chi connectivity index (χ1v) is 13.4. The molecule has 0 aliphatic heterocycles. The molecule has 0 unspecified atom stereocenters. The van der Waals surface area contributed by atoms with E-state index in [2.05, 4.69) is 57.1 Å². The highest BCUT2D eigenvalue weighted by Gasteiger charge is 2.10. The number of amides is 1. The second-order valence-corrected chi connectivity index (χ2v) is 11.1. The number of halogens is 2. The SMILES string of the molecule is C/C(=N/NC(=O)CSc1nnc(SCc2cccc3ccccc23)s1)c1ccc(Cl)c(Cl)c1. The summed E-state index contributed by atoms with van der Waals surface area (Å²) in [6.07, 6.45) is 0. The van der Waals surface area contributed by atoms with Gasteiger partial charge in [-0.25, -0.2) is 5.43 Å². The Balaban J connectivity index is 1.28. The zero-order valence-electron chi connectivity index (χ0n) is 17.4. The minimum absolute atomic E-state index is 0.195. The van der Waals surface area contributed by atoms with Crippen molar-refractivity contribution in [2.75, 3.05) is 5.75 Å². The molecule has 1 N–H and O–H groups in total. The van der Waals surface area contributed by atoms with Gasteiger partial charge in [0.1, 0.15) is 0 Å². The minimum atomic E-state index is -0.223. The minimum Gasteiger partial charge on any atom is -0.272 e. The Morgan fingerprint density at radius 3 is 2.58 bits per heavy atom. The van der Waals surface area contributed by atoms with Crippen molar-refractivity contribution in [1.82, 2.24) is 15.6 Å². The number of carbonyl (C=O) groups is 1. The van der Waals surface area contributed by atoms with E-state index >= 15 is 0 Å². The molecule has 4 aromatic rings. The summed E-state index contributed by atoms with van der Waals surface area (Å²) in [5.41, 5.74) is 5.24. The second-order valence-electron chi connectivity index (χ2n) is 6.91. The lowest BCUT2D eigenvalue weighted by molar-refractivity contribution is -0.118. The fraction of sp³-hybridized carbons (Fsp3) is 0.130. The summed E-state index contributed by atoms with van der Waals surface area (Å²) in [7, 11) is 0. The number of thioether (sulfide) groups is 2. The molecule has 1 aromatic heterocycles. The van der Waals surface area contributed by atoms with Gasteiger partial charge in [-0.15, -0.1) is 10.2 Å². The van der Waals surface area contributed by atoms with Gasteiger partial charge >= 0.3 is 0 Å². The molecule has 0 radical (unpaired) electrons. The van der Waals surface area contributed by atoms with Gasteiger partial charge < -0.3 is 0 Å². The fourth-order valence-corrected chi connectivity index (χ4v) is 6.08. The molecule has 33 heavy (non-hydrogen) atoms. The highest BCUT2D eigenvalue weighted by Crippen LogP contribution is 2.32. The number of rotatable bonds is 8. The number of benzene rings is 3. The number of aromatic nitrogens is 2. The number of carbonyl (C=O) groups excluding carboxylic acids is 1. The first-order chi connectivity index (χ1) is 16.0. The third kappa shape index (κ3) is 6.49. The van der Waals surface area contributed by atoms with E-state index in [0.717, 1.165) is 20.0 Å². The summed E-state index contributed by atoms with van der Waals surface area (Å²) in [4.78, 5) is 12.2. The number of hydrogen-bond acceptors (Lipinski definition) is 7. The van der Waals surface area contributed by atoms with Gasteiger partial charge in [0.2, 0.25) is 0 Å². The fourth-order valence-electron chi connectivity index (χ4n) is 2.96. The molecule has 0 saturated heterocycles. The van der Waals surface area contributed by atoms with Crippen molar-refractivity contribution in [2.45, 2.75) is 21.4 Å². The number of hydrazone groups is 1. The molecule has 168 valence electrons. The van der Waals surface area contributed by atoms with Gasteiger partial charge in [-0.05, 0) is 41.0 Å². The smallest absolute Gasteiger partial charge is 0.250 e. The van der Waals surface area contributed by atoms with Gasteiger partial charge in [-0.3, -0.25) is 4.79 Å². The van der Waals surface area contributed by atoms with Crippen LogP contribution in [-0.4, -0.2) is 27.6 Å². The topological polar surface area (TPSA) is 67.2 Å². The van der Waals surface area contributed by atoms with Crippen LogP contribution in [0.1, 0.15) is 18.1 Å². The molecule has 1 heterocycles. The van der Waals surface area contributed by atoms with Crippen LogP contribution >= 0.6 is 58.1 Å². The second kappa shape index (κ2) is 11.4. The van der Waals surface area contributed by atoms with E-state index in [0.29, 0.717) is 15.8 Å². The van der Waals surface area contributed by atoms with E-state index in [1.807, 2.05) is 6.07 Å². The van der Waals surface area contributed by atoms with Crippen molar-refractivity contribution < 1.29 is 4.79 Å². The van der Waals surface area contributed by atoms with E-state index in [-0.39, 0.29) is 11.7 Å². The highest BCUT2D eigenvalue weighted by molar-refractivity contribution is 8.03. The highest BCUT2D eigenvalue weighted by atomic mass is 35.5. The summed E-state index contributed by atoms with van der Waals surface area (Å²) >= 11 is 16.4. The van der Waals surface area contributed by atoms with Gasteiger partial charge in [0.25, 0.3) is 5.91 Å². The molecule has 0 bridgehead atoms. The van der Waals surface area contributed by atoms with Gasteiger partial charge in [0.05, 0.1) is 21.5 Å². The van der Waals surface area contributed by atoms with Crippen LogP contribution < -0.4 is 5.43 Å². The Morgan fingerprint density at radius 2 is 1.76 bits per heavy atom. The molecule has 0 saturated carbocycles. The maximum atomic E-state index is 12.2. The zero-order chi connectivity index (χ0) is 23.2. The number of hydrogen-bond donors (Lipinski definition) is 1. The van der Waals surface area contributed by atoms with E-state index in [1.165, 1.54) is 39.4 Å². The van der Waals surface area contributed by atoms with E-state index in [9.17, 15) is 4.79 Å². The van der Waals surface area contributed by atoms with Crippen LogP contribution in [0.25, 0.3) is 10.8 Å². The number of fused-ring (bicyclic) bond motifs is 1. The van der Waals surface area contributed by atoms with E-state index in [1.54, 1.807) is 36.9 Å². The number of nitrogens with one attached hydrogen (secondary N) is 1. The van der Waals surface area contributed by atoms with Crippen LogP contribution in [0.5, 0.6) is 0 Å². The van der Waals surface area contributed by atoms with Crippen LogP contribution in [-0.2, 0) is 10.5 Å². The van der Waals surface area contributed by atoms with E-state index in [4.69, 9.17) is 23.2 Å². The summed E-state index contributed by atoms with van der Waals surface area (Å²) < 4.78 is 1.62. The Bertz CT molecular complexity index is 1320. The van der Waals surface area contributed by atoms with Gasteiger partial charge in [0, 0.05) is 5.75 Å². The molecule has 0 fully saturated rings. The number of nitrogens with zero attached hydrogens (tertiary/aromatic N) is 3. The maximum Gasteiger partial charge on any atom is 0.250 e. The van der Waals surface area contributed by atoms with Gasteiger partial charge in [-0.1, -0.05) is 107 Å². The van der Waals surface area contributed by atoms with Gasteiger partial charge in [-0.2, -0.15) is 5.10 Å². The van der Waals surface area contributed by atoms with Crippen molar-refractivity contribution in [3.8, 4) is 0 Å². The largest absolute Gasteiger partial charge is 0.272 e. The zero-order valence-corrected chi connectivity index (χ0v) is 21.4. The molecular formula is C23H18Cl2N4OS3. The maximum absolute atomic E-state index is 12.2. The van der Waals surface area contributed by atoms with Crippen LogP contribution in [0.3, 0.4) is 0 Å². The molecule has 3 aromatic carbocycles.